The molecule has 0 aliphatic carbocycles. The third-order valence-electron chi connectivity index (χ3n) is 4.79. The average molecular weight is 444 g/mol. The molecule has 0 saturated carbocycles. The van der Waals surface area contributed by atoms with E-state index in [2.05, 4.69) is 0 Å². The van der Waals surface area contributed by atoms with E-state index in [1.54, 1.807) is 6.92 Å². The predicted octanol–water partition coefficient (Wildman–Crippen LogP) is 4.33. The lowest BCUT2D eigenvalue weighted by atomic mass is 9.83. The number of nitriles is 1. The number of carbonyl (C=O) groups is 1. The second kappa shape index (κ2) is 9.47. The first-order chi connectivity index (χ1) is 15.3. The Morgan fingerprint density at radius 2 is 1.94 bits per heavy atom. The first-order valence-electron chi connectivity index (χ1n) is 9.58. The van der Waals surface area contributed by atoms with E-state index in [9.17, 15) is 23.2 Å². The minimum absolute atomic E-state index is 0.0269. The molecule has 0 bridgehead atoms. The van der Waals surface area contributed by atoms with Crippen LogP contribution in [0.3, 0.4) is 0 Å². The Bertz CT molecular complexity index is 1170. The monoisotopic (exact) mass is 444 g/mol. The number of esters is 1. The van der Waals surface area contributed by atoms with Crippen LogP contribution in [0.1, 0.15) is 30.9 Å². The van der Waals surface area contributed by atoms with Crippen LogP contribution < -0.4 is 10.5 Å². The Kier molecular flexibility index (Phi) is 6.73. The number of hydrogen-bond donors (Lipinski definition) is 1. The molecular weight excluding hydrogens is 425 g/mol. The van der Waals surface area contributed by atoms with Crippen molar-refractivity contribution in [3.8, 4) is 11.8 Å². The van der Waals surface area contributed by atoms with Crippen LogP contribution in [0.5, 0.6) is 5.75 Å². The van der Waals surface area contributed by atoms with Crippen LogP contribution >= 0.6 is 0 Å². The lowest BCUT2D eigenvalue weighted by Gasteiger charge is -2.27. The lowest BCUT2D eigenvalue weighted by molar-refractivity contribution is -0.139. The normalized spacial score (nSPS) is 15.8. The molecule has 32 heavy (non-hydrogen) atoms. The highest BCUT2D eigenvalue weighted by molar-refractivity contribution is 5.92. The maximum absolute atomic E-state index is 14.8. The quantitative estimate of drug-likeness (QED) is 0.667. The molecule has 6 nitrogen and oxygen atoms in total. The molecule has 0 radical (unpaired) electrons. The summed E-state index contributed by atoms with van der Waals surface area (Å²) in [7, 11) is 0. The first-order valence-corrected chi connectivity index (χ1v) is 9.58. The molecule has 1 heterocycles. The molecular formula is C23H19F3N2O4. The van der Waals surface area contributed by atoms with Crippen molar-refractivity contribution in [2.75, 3.05) is 6.61 Å². The minimum Gasteiger partial charge on any atom is -0.486 e. The summed E-state index contributed by atoms with van der Waals surface area (Å²) >= 11 is 0. The fourth-order valence-electron chi connectivity index (χ4n) is 3.30. The topological polar surface area (TPSA) is 94.6 Å². The van der Waals surface area contributed by atoms with E-state index in [0.29, 0.717) is 6.07 Å². The second-order valence-corrected chi connectivity index (χ2v) is 6.83. The number of hydrogen-bond acceptors (Lipinski definition) is 6. The third-order valence-corrected chi connectivity index (χ3v) is 4.79. The molecule has 1 aliphatic heterocycles. The Labute approximate surface area is 182 Å². The van der Waals surface area contributed by atoms with Gasteiger partial charge in [-0.25, -0.2) is 18.0 Å². The zero-order valence-corrected chi connectivity index (χ0v) is 17.2. The van der Waals surface area contributed by atoms with Gasteiger partial charge in [-0.05, 0) is 43.7 Å². The van der Waals surface area contributed by atoms with Gasteiger partial charge in [0.2, 0.25) is 5.88 Å². The van der Waals surface area contributed by atoms with Gasteiger partial charge in [-0.1, -0.05) is 6.07 Å². The number of nitrogens with two attached hydrogens (primary N) is 1. The molecule has 0 amide bonds. The Morgan fingerprint density at radius 3 is 2.56 bits per heavy atom. The Morgan fingerprint density at radius 1 is 1.19 bits per heavy atom. The smallest absolute Gasteiger partial charge is 0.338 e. The van der Waals surface area contributed by atoms with Crippen molar-refractivity contribution >= 4 is 5.97 Å². The maximum Gasteiger partial charge on any atom is 0.338 e. The van der Waals surface area contributed by atoms with Gasteiger partial charge in [0, 0.05) is 11.6 Å². The van der Waals surface area contributed by atoms with Crippen molar-refractivity contribution < 1.29 is 32.2 Å². The summed E-state index contributed by atoms with van der Waals surface area (Å²) in [6.07, 6.45) is 0. The zero-order chi connectivity index (χ0) is 23.4. The molecule has 0 aromatic heterocycles. The number of allylic oxidation sites excluding steroid dienone is 2. The fourth-order valence-corrected chi connectivity index (χ4v) is 3.30. The summed E-state index contributed by atoms with van der Waals surface area (Å²) in [4.78, 5) is 12.5. The zero-order valence-electron chi connectivity index (χ0n) is 17.2. The van der Waals surface area contributed by atoms with Crippen molar-refractivity contribution in [2.45, 2.75) is 26.4 Å². The SMILES string of the molecule is CCOC(=O)C1=C(C)OC(N)=C(C#N)C1c1ccc(OCc2ccc(F)cc2F)c(F)c1. The standard InChI is InChI=1S/C23H19F3N2O4/c1-3-30-23(29)20-12(2)32-22(28)16(10-27)21(20)13-5-7-19(18(26)8-13)31-11-14-4-6-15(24)9-17(14)25/h4-9,21H,3,11,28H2,1-2H3. The highest BCUT2D eigenvalue weighted by Gasteiger charge is 2.36. The average Bonchev–Trinajstić information content (AvgIpc) is 2.73. The fraction of sp³-hybridized carbons (Fsp3) is 0.217. The van der Waals surface area contributed by atoms with E-state index in [0.717, 1.165) is 12.1 Å². The van der Waals surface area contributed by atoms with Crippen LogP contribution in [-0.4, -0.2) is 12.6 Å². The largest absolute Gasteiger partial charge is 0.486 e. The molecule has 0 fully saturated rings. The molecule has 0 saturated heterocycles. The third kappa shape index (κ3) is 4.54. The van der Waals surface area contributed by atoms with E-state index < -0.39 is 29.3 Å². The molecule has 2 N–H and O–H groups in total. The second-order valence-electron chi connectivity index (χ2n) is 6.83. The van der Waals surface area contributed by atoms with Gasteiger partial charge in [-0.15, -0.1) is 0 Å². The molecule has 166 valence electrons. The number of rotatable bonds is 6. The van der Waals surface area contributed by atoms with Crippen LogP contribution in [0.15, 0.2) is 59.2 Å². The van der Waals surface area contributed by atoms with Crippen LogP contribution in [0.25, 0.3) is 0 Å². The summed E-state index contributed by atoms with van der Waals surface area (Å²) in [6.45, 7) is 2.87. The van der Waals surface area contributed by atoms with Crippen LogP contribution in [0.4, 0.5) is 13.2 Å². The summed E-state index contributed by atoms with van der Waals surface area (Å²) in [5, 5.41) is 9.57. The number of benzene rings is 2. The van der Waals surface area contributed by atoms with E-state index in [4.69, 9.17) is 19.9 Å². The van der Waals surface area contributed by atoms with E-state index >= 15 is 0 Å². The summed E-state index contributed by atoms with van der Waals surface area (Å²) in [5.74, 6) is -4.35. The van der Waals surface area contributed by atoms with Crippen molar-refractivity contribution in [1.82, 2.24) is 0 Å². The highest BCUT2D eigenvalue weighted by Crippen LogP contribution is 2.40. The van der Waals surface area contributed by atoms with Gasteiger partial charge in [0.15, 0.2) is 11.6 Å². The lowest BCUT2D eigenvalue weighted by Crippen LogP contribution is -2.25. The number of halogens is 3. The van der Waals surface area contributed by atoms with Gasteiger partial charge < -0.3 is 19.9 Å². The molecule has 1 unspecified atom stereocenters. The number of carbonyl (C=O) groups excluding carboxylic acids is 1. The van der Waals surface area contributed by atoms with E-state index in [1.807, 2.05) is 6.07 Å². The molecule has 2 aromatic rings. The number of ether oxygens (including phenoxy) is 3. The van der Waals surface area contributed by atoms with Crippen LogP contribution in [-0.2, 0) is 20.9 Å². The molecule has 1 aliphatic rings. The minimum atomic E-state index is -1.01. The van der Waals surface area contributed by atoms with Crippen molar-refractivity contribution in [2.24, 2.45) is 5.73 Å². The summed E-state index contributed by atoms with van der Waals surface area (Å²) in [6, 6.07) is 8.69. The van der Waals surface area contributed by atoms with Gasteiger partial charge in [0.25, 0.3) is 0 Å². The van der Waals surface area contributed by atoms with Crippen molar-refractivity contribution in [3.63, 3.8) is 0 Å². The van der Waals surface area contributed by atoms with Crippen molar-refractivity contribution in [3.05, 3.63) is 87.8 Å². The predicted molar refractivity (Wildman–Crippen MR) is 107 cm³/mol. The van der Waals surface area contributed by atoms with Gasteiger partial charge in [0.1, 0.15) is 35.6 Å². The first kappa shape index (κ1) is 22.7. The van der Waals surface area contributed by atoms with E-state index in [-0.39, 0.29) is 52.9 Å². The highest BCUT2D eigenvalue weighted by atomic mass is 19.1. The van der Waals surface area contributed by atoms with Gasteiger partial charge in [-0.3, -0.25) is 0 Å². The van der Waals surface area contributed by atoms with Crippen LogP contribution in [0, 0.1) is 28.8 Å². The van der Waals surface area contributed by atoms with E-state index in [1.165, 1.54) is 25.1 Å². The van der Waals surface area contributed by atoms with Gasteiger partial charge in [-0.2, -0.15) is 5.26 Å². The molecule has 0 spiro atoms. The molecule has 2 aromatic carbocycles. The van der Waals surface area contributed by atoms with Crippen LogP contribution in [0.2, 0.25) is 0 Å². The maximum atomic E-state index is 14.8. The molecule has 1 atom stereocenters. The number of nitrogens with zero attached hydrogens (tertiary/aromatic N) is 1. The van der Waals surface area contributed by atoms with Gasteiger partial charge >= 0.3 is 5.97 Å². The molecule has 9 heteroatoms. The Balaban J connectivity index is 1.93. The van der Waals surface area contributed by atoms with Crippen molar-refractivity contribution in [1.29, 1.82) is 5.26 Å². The Hall–Kier alpha value is -3.93. The van der Waals surface area contributed by atoms with Gasteiger partial charge in [0.05, 0.1) is 18.1 Å². The summed E-state index contributed by atoms with van der Waals surface area (Å²) < 4.78 is 57.3. The molecule has 3 rings (SSSR count). The summed E-state index contributed by atoms with van der Waals surface area (Å²) in [5.41, 5.74) is 6.06.